The third kappa shape index (κ3) is 3.58. The molecule has 0 aliphatic heterocycles. The highest BCUT2D eigenvalue weighted by Crippen LogP contribution is 2.30. The molecule has 0 spiro atoms. The maximum atomic E-state index is 10.7. The Morgan fingerprint density at radius 3 is 2.67 bits per heavy atom. The molecule has 2 N–H and O–H groups in total. The van der Waals surface area contributed by atoms with E-state index in [1.54, 1.807) is 41.9 Å². The monoisotopic (exact) mass is 341 g/mol. The summed E-state index contributed by atoms with van der Waals surface area (Å²) in [7, 11) is 0. The number of thiophene rings is 1. The third-order valence-electron chi connectivity index (χ3n) is 3.56. The number of hydrogen-bond donors (Lipinski definition) is 2. The zero-order chi connectivity index (χ0) is 16.9. The van der Waals surface area contributed by atoms with E-state index in [9.17, 15) is 15.2 Å². The van der Waals surface area contributed by atoms with Crippen LogP contribution in [0, 0.1) is 10.1 Å². The Bertz CT molecular complexity index is 846. The van der Waals surface area contributed by atoms with Gasteiger partial charge in [-0.3, -0.25) is 15.1 Å². The van der Waals surface area contributed by atoms with Crippen LogP contribution in [0.4, 0.5) is 11.4 Å². The van der Waals surface area contributed by atoms with Crippen LogP contribution in [-0.4, -0.2) is 15.0 Å². The van der Waals surface area contributed by atoms with Crippen molar-refractivity contribution >= 4 is 22.7 Å². The van der Waals surface area contributed by atoms with Gasteiger partial charge in [-0.25, -0.2) is 0 Å². The highest BCUT2D eigenvalue weighted by Gasteiger charge is 2.08. The van der Waals surface area contributed by atoms with Crippen molar-refractivity contribution in [3.63, 3.8) is 0 Å². The van der Waals surface area contributed by atoms with Crippen LogP contribution < -0.4 is 5.32 Å². The van der Waals surface area contributed by atoms with Crippen LogP contribution in [0.2, 0.25) is 0 Å². The Hall–Kier alpha value is -2.77. The van der Waals surface area contributed by atoms with E-state index in [4.69, 9.17) is 0 Å². The average molecular weight is 341 g/mol. The summed E-state index contributed by atoms with van der Waals surface area (Å²) < 4.78 is 0. The number of hydrogen-bond acceptors (Lipinski definition) is 6. The van der Waals surface area contributed by atoms with Crippen molar-refractivity contribution in [3.05, 3.63) is 75.4 Å². The summed E-state index contributed by atoms with van der Waals surface area (Å²) >= 11 is 1.62. The molecule has 0 atom stereocenters. The van der Waals surface area contributed by atoms with Gasteiger partial charge < -0.3 is 10.4 Å². The Morgan fingerprint density at radius 1 is 1.17 bits per heavy atom. The van der Waals surface area contributed by atoms with Gasteiger partial charge in [0.25, 0.3) is 5.69 Å². The van der Waals surface area contributed by atoms with Crippen molar-refractivity contribution < 1.29 is 10.0 Å². The molecule has 0 radical (unpaired) electrons. The molecule has 2 aromatic heterocycles. The Kier molecular flexibility index (Phi) is 4.83. The minimum absolute atomic E-state index is 0.0384. The molecular weight excluding hydrogens is 326 g/mol. The summed E-state index contributed by atoms with van der Waals surface area (Å²) in [4.78, 5) is 16.5. The number of aliphatic hydroxyl groups is 1. The Labute approximate surface area is 142 Å². The van der Waals surface area contributed by atoms with Crippen molar-refractivity contribution in [2.75, 3.05) is 5.32 Å². The fraction of sp³-hybridized carbons (Fsp3) is 0.118. The third-order valence-corrected chi connectivity index (χ3v) is 4.69. The number of aromatic nitrogens is 1. The SMILES string of the molecule is O=[N+]([O-])c1ccc(-c2ccc(CNc3cnccc3CO)s2)cc1. The number of nitrogens with one attached hydrogen (secondary N) is 1. The van der Waals surface area contributed by atoms with Gasteiger partial charge in [0.15, 0.2) is 0 Å². The summed E-state index contributed by atoms with van der Waals surface area (Å²) in [6.45, 7) is 0.583. The number of aliphatic hydroxyl groups excluding tert-OH is 1. The highest BCUT2D eigenvalue weighted by molar-refractivity contribution is 7.15. The van der Waals surface area contributed by atoms with Gasteiger partial charge in [0.1, 0.15) is 0 Å². The van der Waals surface area contributed by atoms with Gasteiger partial charge in [0.2, 0.25) is 0 Å². The van der Waals surface area contributed by atoms with Crippen LogP contribution in [0.15, 0.2) is 54.9 Å². The van der Waals surface area contributed by atoms with E-state index in [1.807, 2.05) is 12.1 Å². The lowest BCUT2D eigenvalue weighted by atomic mass is 10.2. The van der Waals surface area contributed by atoms with Crippen molar-refractivity contribution in [1.82, 2.24) is 4.98 Å². The van der Waals surface area contributed by atoms with E-state index in [0.29, 0.717) is 6.54 Å². The zero-order valence-electron chi connectivity index (χ0n) is 12.7. The lowest BCUT2D eigenvalue weighted by Crippen LogP contribution is -2.01. The first-order valence-electron chi connectivity index (χ1n) is 7.28. The van der Waals surface area contributed by atoms with E-state index in [2.05, 4.69) is 10.3 Å². The number of nitrogens with zero attached hydrogens (tertiary/aromatic N) is 2. The first-order valence-corrected chi connectivity index (χ1v) is 8.10. The minimum atomic E-state index is -0.403. The smallest absolute Gasteiger partial charge is 0.269 e. The van der Waals surface area contributed by atoms with Crippen LogP contribution in [0.25, 0.3) is 10.4 Å². The van der Waals surface area contributed by atoms with Gasteiger partial charge in [-0.15, -0.1) is 11.3 Å². The summed E-state index contributed by atoms with van der Waals surface area (Å²) in [5, 5.41) is 23.3. The van der Waals surface area contributed by atoms with Crippen LogP contribution in [0.3, 0.4) is 0 Å². The van der Waals surface area contributed by atoms with Gasteiger partial charge >= 0.3 is 0 Å². The number of benzene rings is 1. The molecule has 0 unspecified atom stereocenters. The second-order valence-electron chi connectivity index (χ2n) is 5.11. The second-order valence-corrected chi connectivity index (χ2v) is 6.28. The zero-order valence-corrected chi connectivity index (χ0v) is 13.5. The number of nitro groups is 1. The molecule has 0 aliphatic rings. The van der Waals surface area contributed by atoms with Crippen molar-refractivity contribution in [2.45, 2.75) is 13.2 Å². The maximum Gasteiger partial charge on any atom is 0.269 e. The first-order chi connectivity index (χ1) is 11.7. The van der Waals surface area contributed by atoms with Gasteiger partial charge in [0.05, 0.1) is 23.4 Å². The minimum Gasteiger partial charge on any atom is -0.392 e. The largest absolute Gasteiger partial charge is 0.392 e. The molecule has 0 fully saturated rings. The lowest BCUT2D eigenvalue weighted by molar-refractivity contribution is -0.384. The van der Waals surface area contributed by atoms with Gasteiger partial charge in [-0.2, -0.15) is 0 Å². The van der Waals surface area contributed by atoms with Crippen molar-refractivity contribution in [2.24, 2.45) is 0 Å². The fourth-order valence-electron chi connectivity index (χ4n) is 2.28. The number of pyridine rings is 1. The standard InChI is InChI=1S/C17H15N3O3S/c21-11-13-7-8-18-10-16(13)19-9-15-5-6-17(24-15)12-1-3-14(4-2-12)20(22)23/h1-8,10,19,21H,9,11H2. The maximum absolute atomic E-state index is 10.7. The molecule has 0 aliphatic carbocycles. The van der Waals surface area contributed by atoms with Crippen molar-refractivity contribution in [3.8, 4) is 10.4 Å². The van der Waals surface area contributed by atoms with E-state index in [1.165, 1.54) is 12.1 Å². The number of nitro benzene ring substituents is 1. The molecule has 2 heterocycles. The molecule has 0 bridgehead atoms. The predicted molar refractivity (Wildman–Crippen MR) is 93.9 cm³/mol. The lowest BCUT2D eigenvalue weighted by Gasteiger charge is -2.08. The summed E-state index contributed by atoms with van der Waals surface area (Å²) in [6.07, 6.45) is 3.34. The Balaban J connectivity index is 1.70. The molecule has 3 aromatic rings. The Morgan fingerprint density at radius 2 is 1.96 bits per heavy atom. The summed E-state index contributed by atoms with van der Waals surface area (Å²) in [6, 6.07) is 12.3. The molecule has 1 aromatic carbocycles. The molecule has 0 saturated heterocycles. The van der Waals surface area contributed by atoms with Gasteiger partial charge in [-0.1, -0.05) is 0 Å². The molecule has 7 heteroatoms. The summed E-state index contributed by atoms with van der Waals surface area (Å²) in [5.41, 5.74) is 2.65. The normalized spacial score (nSPS) is 10.5. The molecular formula is C17H15N3O3S. The van der Waals surface area contributed by atoms with Gasteiger partial charge in [0, 0.05) is 40.2 Å². The van der Waals surface area contributed by atoms with E-state index >= 15 is 0 Å². The second kappa shape index (κ2) is 7.20. The van der Waals surface area contributed by atoms with Crippen molar-refractivity contribution in [1.29, 1.82) is 0 Å². The van der Waals surface area contributed by atoms with Crippen LogP contribution in [0.5, 0.6) is 0 Å². The topological polar surface area (TPSA) is 88.3 Å². The predicted octanol–water partition coefficient (Wildman–Crippen LogP) is 3.82. The van der Waals surface area contributed by atoms with Crippen LogP contribution >= 0.6 is 11.3 Å². The van der Waals surface area contributed by atoms with Gasteiger partial charge in [-0.05, 0) is 35.9 Å². The molecule has 122 valence electrons. The van der Waals surface area contributed by atoms with E-state index in [-0.39, 0.29) is 12.3 Å². The number of anilines is 1. The highest BCUT2D eigenvalue weighted by atomic mass is 32.1. The molecule has 0 saturated carbocycles. The molecule has 3 rings (SSSR count). The number of rotatable bonds is 6. The molecule has 6 nitrogen and oxygen atoms in total. The van der Waals surface area contributed by atoms with E-state index in [0.717, 1.165) is 26.6 Å². The molecule has 24 heavy (non-hydrogen) atoms. The average Bonchev–Trinajstić information content (AvgIpc) is 3.09. The number of non-ortho nitro benzene ring substituents is 1. The quantitative estimate of drug-likeness (QED) is 0.525. The van der Waals surface area contributed by atoms with E-state index < -0.39 is 4.92 Å². The molecule has 0 amide bonds. The fourth-order valence-corrected chi connectivity index (χ4v) is 3.23. The first kappa shape index (κ1) is 16.1. The van der Waals surface area contributed by atoms with Crippen LogP contribution in [-0.2, 0) is 13.2 Å². The van der Waals surface area contributed by atoms with Crippen LogP contribution in [0.1, 0.15) is 10.4 Å². The summed E-state index contributed by atoms with van der Waals surface area (Å²) in [5.74, 6) is 0.